The SMILES string of the molecule is N.NC1(c2nc(Cl)ncc2F)CCCCC1. The van der Waals surface area contributed by atoms with Gasteiger partial charge in [-0.2, -0.15) is 0 Å². The Balaban J connectivity index is 0.00000128. The summed E-state index contributed by atoms with van der Waals surface area (Å²) in [5, 5.41) is 0.0572. The van der Waals surface area contributed by atoms with Crippen LogP contribution < -0.4 is 11.9 Å². The van der Waals surface area contributed by atoms with Gasteiger partial charge < -0.3 is 11.9 Å². The molecule has 1 aromatic rings. The quantitative estimate of drug-likeness (QED) is 0.746. The van der Waals surface area contributed by atoms with Crippen molar-refractivity contribution < 1.29 is 4.39 Å². The molecule has 0 radical (unpaired) electrons. The van der Waals surface area contributed by atoms with Gasteiger partial charge in [-0.1, -0.05) is 19.3 Å². The van der Waals surface area contributed by atoms with E-state index in [0.717, 1.165) is 38.3 Å². The molecular weight excluding hydrogens is 231 g/mol. The molecule has 0 aromatic carbocycles. The molecular formula is C10H16ClFN4. The number of aromatic nitrogens is 2. The Bertz CT molecular complexity index is 366. The molecule has 0 aliphatic heterocycles. The lowest BCUT2D eigenvalue weighted by Gasteiger charge is -2.32. The maximum absolute atomic E-state index is 13.5. The van der Waals surface area contributed by atoms with Crippen LogP contribution in [0.1, 0.15) is 37.8 Å². The van der Waals surface area contributed by atoms with Crippen LogP contribution >= 0.6 is 11.6 Å². The predicted molar refractivity (Wildman–Crippen MR) is 61.0 cm³/mol. The van der Waals surface area contributed by atoms with Crippen LogP contribution in [-0.4, -0.2) is 9.97 Å². The number of nitrogens with zero attached hydrogens (tertiary/aromatic N) is 2. The number of halogens is 2. The summed E-state index contributed by atoms with van der Waals surface area (Å²) < 4.78 is 13.5. The summed E-state index contributed by atoms with van der Waals surface area (Å²) in [5.74, 6) is -0.455. The smallest absolute Gasteiger partial charge is 0.222 e. The third-order valence-electron chi connectivity index (χ3n) is 2.93. The Morgan fingerprint density at radius 1 is 1.31 bits per heavy atom. The van der Waals surface area contributed by atoms with Gasteiger partial charge in [-0.3, -0.25) is 0 Å². The molecule has 0 unspecified atom stereocenters. The van der Waals surface area contributed by atoms with Crippen LogP contribution in [0.15, 0.2) is 6.20 Å². The van der Waals surface area contributed by atoms with Crippen molar-refractivity contribution >= 4 is 11.6 Å². The first kappa shape index (κ1) is 13.3. The van der Waals surface area contributed by atoms with E-state index in [1.807, 2.05) is 0 Å². The lowest BCUT2D eigenvalue weighted by Crippen LogP contribution is -2.40. The van der Waals surface area contributed by atoms with E-state index in [0.29, 0.717) is 0 Å². The molecule has 1 aliphatic rings. The molecule has 5 N–H and O–H groups in total. The van der Waals surface area contributed by atoms with Gasteiger partial charge in [0, 0.05) is 0 Å². The highest BCUT2D eigenvalue weighted by molar-refractivity contribution is 6.28. The van der Waals surface area contributed by atoms with E-state index in [9.17, 15) is 4.39 Å². The fourth-order valence-corrected chi connectivity index (χ4v) is 2.25. The molecule has 0 amide bonds. The molecule has 1 aliphatic carbocycles. The molecule has 16 heavy (non-hydrogen) atoms. The molecule has 0 bridgehead atoms. The maximum Gasteiger partial charge on any atom is 0.222 e. The van der Waals surface area contributed by atoms with E-state index < -0.39 is 11.4 Å². The molecule has 1 heterocycles. The zero-order valence-electron chi connectivity index (χ0n) is 9.05. The molecule has 90 valence electrons. The Morgan fingerprint density at radius 3 is 2.56 bits per heavy atom. The standard InChI is InChI=1S/C10H13ClFN3.H3N/c11-9-14-6-7(12)8(15-9)10(13)4-2-1-3-5-10;/h6H,1-5,13H2;1H3. The zero-order chi connectivity index (χ0) is 10.9. The Hall–Kier alpha value is -0.780. The van der Waals surface area contributed by atoms with Crippen molar-refractivity contribution in [3.05, 3.63) is 23.0 Å². The van der Waals surface area contributed by atoms with Crippen LogP contribution in [0.4, 0.5) is 4.39 Å². The highest BCUT2D eigenvalue weighted by Gasteiger charge is 2.33. The average molecular weight is 247 g/mol. The Morgan fingerprint density at radius 2 is 1.94 bits per heavy atom. The summed E-state index contributed by atoms with van der Waals surface area (Å²) in [7, 11) is 0. The molecule has 1 aromatic heterocycles. The van der Waals surface area contributed by atoms with E-state index in [4.69, 9.17) is 17.3 Å². The van der Waals surface area contributed by atoms with Crippen molar-refractivity contribution in [2.45, 2.75) is 37.6 Å². The zero-order valence-corrected chi connectivity index (χ0v) is 9.80. The Labute approximate surface area is 99.0 Å². The number of hydrogen-bond acceptors (Lipinski definition) is 4. The summed E-state index contributed by atoms with van der Waals surface area (Å²) in [5.41, 5.74) is 5.77. The lowest BCUT2D eigenvalue weighted by atomic mass is 9.80. The first-order valence-corrected chi connectivity index (χ1v) is 5.47. The van der Waals surface area contributed by atoms with Gasteiger partial charge in [-0.05, 0) is 24.4 Å². The summed E-state index contributed by atoms with van der Waals surface area (Å²) in [6, 6.07) is 0. The first-order valence-electron chi connectivity index (χ1n) is 5.09. The van der Waals surface area contributed by atoms with Gasteiger partial charge in [0.05, 0.1) is 11.7 Å². The average Bonchev–Trinajstić information content (AvgIpc) is 2.23. The fraction of sp³-hybridized carbons (Fsp3) is 0.600. The summed E-state index contributed by atoms with van der Waals surface area (Å²) in [4.78, 5) is 7.51. The van der Waals surface area contributed by atoms with Crippen LogP contribution in [0.3, 0.4) is 0 Å². The third-order valence-corrected chi connectivity index (χ3v) is 3.11. The number of rotatable bonds is 1. The summed E-state index contributed by atoms with van der Waals surface area (Å²) in [6.45, 7) is 0. The number of hydrogen-bond donors (Lipinski definition) is 2. The van der Waals surface area contributed by atoms with E-state index >= 15 is 0 Å². The van der Waals surface area contributed by atoms with Gasteiger partial charge >= 0.3 is 0 Å². The van der Waals surface area contributed by atoms with Gasteiger partial charge in [0.15, 0.2) is 5.82 Å². The van der Waals surface area contributed by atoms with Crippen molar-refractivity contribution in [3.8, 4) is 0 Å². The number of nitrogens with two attached hydrogens (primary N) is 1. The van der Waals surface area contributed by atoms with Crippen LogP contribution in [0.5, 0.6) is 0 Å². The monoisotopic (exact) mass is 246 g/mol. The first-order chi connectivity index (χ1) is 7.12. The fourth-order valence-electron chi connectivity index (χ4n) is 2.11. The van der Waals surface area contributed by atoms with E-state index in [2.05, 4.69) is 9.97 Å². The Kier molecular flexibility index (Phi) is 4.18. The second-order valence-electron chi connectivity index (χ2n) is 4.05. The van der Waals surface area contributed by atoms with Crippen LogP contribution in [-0.2, 0) is 5.54 Å². The maximum atomic E-state index is 13.5. The van der Waals surface area contributed by atoms with E-state index in [-0.39, 0.29) is 17.1 Å². The second-order valence-corrected chi connectivity index (χ2v) is 4.39. The van der Waals surface area contributed by atoms with Crippen molar-refractivity contribution in [2.24, 2.45) is 5.73 Å². The van der Waals surface area contributed by atoms with Gasteiger partial charge in [0.2, 0.25) is 5.28 Å². The molecule has 4 nitrogen and oxygen atoms in total. The molecule has 0 spiro atoms. The van der Waals surface area contributed by atoms with Gasteiger partial charge in [-0.15, -0.1) is 0 Å². The minimum atomic E-state index is -0.658. The van der Waals surface area contributed by atoms with Crippen molar-refractivity contribution in [1.82, 2.24) is 16.1 Å². The predicted octanol–water partition coefficient (Wildman–Crippen LogP) is 2.55. The minimum absolute atomic E-state index is 0. The molecule has 6 heteroatoms. The highest BCUT2D eigenvalue weighted by atomic mass is 35.5. The lowest BCUT2D eigenvalue weighted by molar-refractivity contribution is 0.284. The van der Waals surface area contributed by atoms with Crippen LogP contribution in [0.25, 0.3) is 0 Å². The summed E-state index contributed by atoms with van der Waals surface area (Å²) >= 11 is 5.65. The van der Waals surface area contributed by atoms with Gasteiger partial charge in [0.25, 0.3) is 0 Å². The van der Waals surface area contributed by atoms with Crippen LogP contribution in [0, 0.1) is 5.82 Å². The largest absolute Gasteiger partial charge is 0.344 e. The minimum Gasteiger partial charge on any atom is -0.344 e. The molecule has 1 saturated carbocycles. The highest BCUT2D eigenvalue weighted by Crippen LogP contribution is 2.34. The van der Waals surface area contributed by atoms with Crippen molar-refractivity contribution in [2.75, 3.05) is 0 Å². The molecule has 1 fully saturated rings. The molecule has 0 atom stereocenters. The van der Waals surface area contributed by atoms with Gasteiger partial charge in [-0.25, -0.2) is 14.4 Å². The van der Waals surface area contributed by atoms with Gasteiger partial charge in [0.1, 0.15) is 5.69 Å². The van der Waals surface area contributed by atoms with E-state index in [1.54, 1.807) is 0 Å². The normalized spacial score (nSPS) is 18.9. The van der Waals surface area contributed by atoms with Crippen molar-refractivity contribution in [3.63, 3.8) is 0 Å². The summed E-state index contributed by atoms with van der Waals surface area (Å²) in [6.07, 6.45) is 5.79. The topological polar surface area (TPSA) is 86.8 Å². The third kappa shape index (κ3) is 2.48. The van der Waals surface area contributed by atoms with E-state index in [1.165, 1.54) is 0 Å². The second kappa shape index (κ2) is 5.03. The molecule has 2 rings (SSSR count). The van der Waals surface area contributed by atoms with Crippen molar-refractivity contribution in [1.29, 1.82) is 0 Å². The van der Waals surface area contributed by atoms with Crippen LogP contribution in [0.2, 0.25) is 5.28 Å². The molecule has 0 saturated heterocycles.